The second-order valence-electron chi connectivity index (χ2n) is 2.58. The maximum atomic E-state index is 12.6. The topological polar surface area (TPSA) is 28.7 Å². The van der Waals surface area contributed by atoms with Crippen LogP contribution in [0.25, 0.3) is 11.0 Å². The first-order valence-corrected chi connectivity index (χ1v) is 3.60. The Labute approximate surface area is 71.4 Å². The highest BCUT2D eigenvalue weighted by molar-refractivity contribution is 5.74. The minimum Gasteiger partial charge on any atom is -0.337 e. The molecule has 1 heterocycles. The van der Waals surface area contributed by atoms with E-state index in [9.17, 15) is 13.2 Å². The van der Waals surface area contributed by atoms with Gasteiger partial charge in [0, 0.05) is 6.07 Å². The van der Waals surface area contributed by atoms with E-state index in [4.69, 9.17) is 0 Å². The van der Waals surface area contributed by atoms with Crippen molar-refractivity contribution in [2.45, 2.75) is 6.43 Å². The summed E-state index contributed by atoms with van der Waals surface area (Å²) >= 11 is 0. The summed E-state index contributed by atoms with van der Waals surface area (Å²) in [6, 6.07) is 3.68. The van der Waals surface area contributed by atoms with E-state index in [0.29, 0.717) is 5.52 Å². The number of hydrogen-bond donors (Lipinski definition) is 1. The van der Waals surface area contributed by atoms with Crippen LogP contribution < -0.4 is 0 Å². The van der Waals surface area contributed by atoms with Gasteiger partial charge >= 0.3 is 0 Å². The molecule has 2 nitrogen and oxygen atoms in total. The Kier molecular flexibility index (Phi) is 1.72. The van der Waals surface area contributed by atoms with E-state index in [1.54, 1.807) is 0 Å². The molecule has 5 heteroatoms. The largest absolute Gasteiger partial charge is 0.337 e. The highest BCUT2D eigenvalue weighted by Gasteiger charge is 2.12. The first kappa shape index (κ1) is 8.10. The maximum absolute atomic E-state index is 12.6. The first-order chi connectivity index (χ1) is 6.16. The van der Waals surface area contributed by atoms with Crippen LogP contribution in [0.15, 0.2) is 18.2 Å². The zero-order valence-electron chi connectivity index (χ0n) is 6.39. The molecular weight excluding hydrogens is 181 g/mol. The number of rotatable bonds is 1. The SMILES string of the molecule is Fc1ccc2[nH]c(C(F)F)nc2c1. The quantitative estimate of drug-likeness (QED) is 0.728. The molecule has 0 bridgehead atoms. The van der Waals surface area contributed by atoms with Crippen LogP contribution in [0.4, 0.5) is 13.2 Å². The van der Waals surface area contributed by atoms with Crippen LogP contribution in [0.2, 0.25) is 0 Å². The van der Waals surface area contributed by atoms with Crippen LogP contribution in [0.5, 0.6) is 0 Å². The number of nitrogens with zero attached hydrogens (tertiary/aromatic N) is 1. The monoisotopic (exact) mass is 186 g/mol. The molecule has 0 radical (unpaired) electrons. The number of alkyl halides is 2. The minimum atomic E-state index is -2.66. The number of halogens is 3. The van der Waals surface area contributed by atoms with Gasteiger partial charge in [0.2, 0.25) is 0 Å². The maximum Gasteiger partial charge on any atom is 0.295 e. The van der Waals surface area contributed by atoms with Crippen LogP contribution in [0, 0.1) is 5.82 Å². The van der Waals surface area contributed by atoms with Crippen LogP contribution in [-0.2, 0) is 0 Å². The van der Waals surface area contributed by atoms with Gasteiger partial charge in [0.1, 0.15) is 5.82 Å². The van der Waals surface area contributed by atoms with E-state index < -0.39 is 18.1 Å². The molecule has 2 rings (SSSR count). The second kappa shape index (κ2) is 2.76. The summed E-state index contributed by atoms with van der Waals surface area (Å²) in [6.07, 6.45) is -2.66. The Morgan fingerprint density at radius 1 is 1.31 bits per heavy atom. The summed E-state index contributed by atoms with van der Waals surface area (Å²) in [5.74, 6) is -0.916. The van der Waals surface area contributed by atoms with Gasteiger partial charge in [0.15, 0.2) is 5.82 Å². The van der Waals surface area contributed by atoms with Gasteiger partial charge in [-0.1, -0.05) is 0 Å². The number of aromatic nitrogens is 2. The lowest BCUT2D eigenvalue weighted by Gasteiger charge is -1.88. The molecule has 1 aromatic carbocycles. The Morgan fingerprint density at radius 2 is 2.08 bits per heavy atom. The predicted octanol–water partition coefficient (Wildman–Crippen LogP) is 2.64. The number of H-pyrrole nitrogens is 1. The Bertz CT molecular complexity index is 436. The lowest BCUT2D eigenvalue weighted by atomic mass is 10.3. The van der Waals surface area contributed by atoms with Gasteiger partial charge in [0.05, 0.1) is 11.0 Å². The fourth-order valence-corrected chi connectivity index (χ4v) is 1.10. The van der Waals surface area contributed by atoms with Crippen molar-refractivity contribution >= 4 is 11.0 Å². The molecule has 0 amide bonds. The van der Waals surface area contributed by atoms with Crippen LogP contribution >= 0.6 is 0 Å². The predicted molar refractivity (Wildman–Crippen MR) is 41.0 cm³/mol. The molecule has 0 spiro atoms. The van der Waals surface area contributed by atoms with Crippen molar-refractivity contribution in [2.75, 3.05) is 0 Å². The van der Waals surface area contributed by atoms with Crippen molar-refractivity contribution < 1.29 is 13.2 Å². The molecule has 1 aromatic heterocycles. The number of hydrogen-bond acceptors (Lipinski definition) is 1. The van der Waals surface area contributed by atoms with E-state index in [1.165, 1.54) is 12.1 Å². The Morgan fingerprint density at radius 3 is 2.77 bits per heavy atom. The summed E-state index contributed by atoms with van der Waals surface area (Å²) in [4.78, 5) is 5.92. The van der Waals surface area contributed by atoms with Crippen molar-refractivity contribution in [1.29, 1.82) is 0 Å². The molecule has 68 valence electrons. The van der Waals surface area contributed by atoms with Crippen LogP contribution in [0.3, 0.4) is 0 Å². The van der Waals surface area contributed by atoms with Gasteiger partial charge in [-0.25, -0.2) is 18.2 Å². The zero-order chi connectivity index (χ0) is 9.42. The van der Waals surface area contributed by atoms with E-state index in [-0.39, 0.29) is 5.52 Å². The van der Waals surface area contributed by atoms with Crippen molar-refractivity contribution in [3.63, 3.8) is 0 Å². The Hall–Kier alpha value is -1.52. The van der Waals surface area contributed by atoms with Gasteiger partial charge in [-0.05, 0) is 12.1 Å². The molecule has 0 atom stereocenters. The van der Waals surface area contributed by atoms with Crippen LogP contribution in [0.1, 0.15) is 12.2 Å². The number of aromatic amines is 1. The summed E-state index contributed by atoms with van der Waals surface area (Å²) in [5, 5.41) is 0. The van der Waals surface area contributed by atoms with Crippen molar-refractivity contribution in [2.24, 2.45) is 0 Å². The van der Waals surface area contributed by atoms with Crippen molar-refractivity contribution in [3.8, 4) is 0 Å². The molecule has 0 aliphatic heterocycles. The number of nitrogens with one attached hydrogen (secondary N) is 1. The normalized spacial score (nSPS) is 11.4. The van der Waals surface area contributed by atoms with Crippen LogP contribution in [-0.4, -0.2) is 9.97 Å². The summed E-state index contributed by atoms with van der Waals surface area (Å²) in [7, 11) is 0. The first-order valence-electron chi connectivity index (χ1n) is 3.60. The fourth-order valence-electron chi connectivity index (χ4n) is 1.10. The molecule has 1 N–H and O–H groups in total. The Balaban J connectivity index is 2.62. The fraction of sp³-hybridized carbons (Fsp3) is 0.125. The van der Waals surface area contributed by atoms with Gasteiger partial charge in [0.25, 0.3) is 6.43 Å². The average molecular weight is 186 g/mol. The smallest absolute Gasteiger partial charge is 0.295 e. The third kappa shape index (κ3) is 1.37. The summed E-state index contributed by atoms with van der Waals surface area (Å²) < 4.78 is 36.8. The van der Waals surface area contributed by atoms with Crippen molar-refractivity contribution in [3.05, 3.63) is 29.8 Å². The molecule has 2 aromatic rings. The lowest BCUT2D eigenvalue weighted by molar-refractivity contribution is 0.142. The highest BCUT2D eigenvalue weighted by Crippen LogP contribution is 2.19. The highest BCUT2D eigenvalue weighted by atomic mass is 19.3. The molecule has 0 saturated heterocycles. The summed E-state index contributed by atoms with van der Waals surface area (Å²) in [5.41, 5.74) is 0.631. The average Bonchev–Trinajstić information content (AvgIpc) is 2.46. The van der Waals surface area contributed by atoms with E-state index >= 15 is 0 Å². The van der Waals surface area contributed by atoms with E-state index in [0.717, 1.165) is 6.07 Å². The second-order valence-corrected chi connectivity index (χ2v) is 2.58. The van der Waals surface area contributed by atoms with E-state index in [1.807, 2.05) is 0 Å². The van der Waals surface area contributed by atoms with Gasteiger partial charge in [-0.2, -0.15) is 0 Å². The molecular formula is C8H5F3N2. The molecule has 0 aliphatic carbocycles. The standard InChI is InChI=1S/C8H5F3N2/c9-4-1-2-5-6(3-4)13-8(12-5)7(10)11/h1-3,7H,(H,12,13). The number of benzene rings is 1. The number of fused-ring (bicyclic) bond motifs is 1. The molecule has 0 fully saturated rings. The molecule has 0 saturated carbocycles. The van der Waals surface area contributed by atoms with Gasteiger partial charge in [-0.3, -0.25) is 0 Å². The lowest BCUT2D eigenvalue weighted by Crippen LogP contribution is -1.84. The zero-order valence-corrected chi connectivity index (χ0v) is 6.39. The molecule has 0 unspecified atom stereocenters. The third-order valence-corrected chi connectivity index (χ3v) is 1.67. The third-order valence-electron chi connectivity index (χ3n) is 1.67. The van der Waals surface area contributed by atoms with Gasteiger partial charge in [-0.15, -0.1) is 0 Å². The van der Waals surface area contributed by atoms with Gasteiger partial charge < -0.3 is 4.98 Å². The van der Waals surface area contributed by atoms with Crippen molar-refractivity contribution in [1.82, 2.24) is 9.97 Å². The number of imidazole rings is 1. The van der Waals surface area contributed by atoms with E-state index in [2.05, 4.69) is 9.97 Å². The summed E-state index contributed by atoms with van der Waals surface area (Å²) in [6.45, 7) is 0. The molecule has 13 heavy (non-hydrogen) atoms. The molecule has 0 aliphatic rings. The minimum absolute atomic E-state index is 0.218.